The van der Waals surface area contributed by atoms with Crippen molar-refractivity contribution in [3.63, 3.8) is 0 Å². The molecule has 0 aromatic heterocycles. The van der Waals surface area contributed by atoms with E-state index < -0.39 is 5.97 Å². The van der Waals surface area contributed by atoms with Crippen LogP contribution in [0.2, 0.25) is 0 Å². The van der Waals surface area contributed by atoms with Gasteiger partial charge in [0.05, 0.1) is 6.61 Å². The molecule has 3 nitrogen and oxygen atoms in total. The number of carboxylic acids is 1. The van der Waals surface area contributed by atoms with Gasteiger partial charge in [-0.1, -0.05) is 25.5 Å². The third-order valence-corrected chi connectivity index (χ3v) is 2.40. The first-order chi connectivity index (χ1) is 8.63. The second kappa shape index (κ2) is 7.61. The number of ether oxygens (including phenoxy) is 1. The molecule has 0 saturated heterocycles. The van der Waals surface area contributed by atoms with E-state index in [4.69, 9.17) is 9.84 Å². The second-order valence-electron chi connectivity index (χ2n) is 3.93. The van der Waals surface area contributed by atoms with Gasteiger partial charge < -0.3 is 9.84 Å². The highest BCUT2D eigenvalue weighted by Gasteiger charge is 2.02. The maximum Gasteiger partial charge on any atom is 0.328 e. The monoisotopic (exact) mass is 252 g/mol. The zero-order chi connectivity index (χ0) is 13.4. The lowest BCUT2D eigenvalue weighted by Crippen LogP contribution is -1.98. The Morgan fingerprint density at radius 2 is 2.28 bits per heavy atom. The Bertz CT molecular complexity index is 427. The van der Waals surface area contributed by atoms with Crippen molar-refractivity contribution in [2.75, 3.05) is 6.61 Å². The number of rotatable bonds is 7. The van der Waals surface area contributed by atoms with Crippen LogP contribution in [0.15, 0.2) is 24.3 Å². The van der Waals surface area contributed by atoms with Crippen LogP contribution in [0.4, 0.5) is 4.39 Å². The van der Waals surface area contributed by atoms with Crippen LogP contribution in [0.25, 0.3) is 6.08 Å². The maximum absolute atomic E-state index is 13.6. The molecule has 4 heteroatoms. The van der Waals surface area contributed by atoms with Gasteiger partial charge in [0.15, 0.2) is 0 Å². The molecule has 0 bridgehead atoms. The molecule has 0 spiro atoms. The van der Waals surface area contributed by atoms with Crippen LogP contribution in [-0.4, -0.2) is 17.7 Å². The molecular weight excluding hydrogens is 235 g/mol. The van der Waals surface area contributed by atoms with Crippen LogP contribution in [0.5, 0.6) is 0 Å². The first-order valence-electron chi connectivity index (χ1n) is 5.90. The predicted molar refractivity (Wildman–Crippen MR) is 67.6 cm³/mol. The van der Waals surface area contributed by atoms with Crippen molar-refractivity contribution in [2.45, 2.75) is 26.4 Å². The van der Waals surface area contributed by atoms with Crippen molar-refractivity contribution in [3.8, 4) is 0 Å². The number of halogens is 1. The zero-order valence-electron chi connectivity index (χ0n) is 10.4. The van der Waals surface area contributed by atoms with Crippen LogP contribution in [-0.2, 0) is 16.1 Å². The number of carbonyl (C=O) groups is 1. The Morgan fingerprint density at radius 3 is 2.89 bits per heavy atom. The van der Waals surface area contributed by atoms with E-state index in [1.54, 1.807) is 12.1 Å². The van der Waals surface area contributed by atoms with Gasteiger partial charge >= 0.3 is 5.97 Å². The molecule has 0 radical (unpaired) electrons. The van der Waals surface area contributed by atoms with E-state index >= 15 is 0 Å². The molecule has 0 amide bonds. The summed E-state index contributed by atoms with van der Waals surface area (Å²) in [5, 5.41) is 8.46. The van der Waals surface area contributed by atoms with Crippen molar-refractivity contribution in [1.29, 1.82) is 0 Å². The van der Waals surface area contributed by atoms with E-state index in [0.717, 1.165) is 18.9 Å². The summed E-state index contributed by atoms with van der Waals surface area (Å²) < 4.78 is 18.9. The third-order valence-electron chi connectivity index (χ3n) is 2.40. The number of benzene rings is 1. The number of unbranched alkanes of at least 4 members (excludes halogenated alkanes) is 1. The van der Waals surface area contributed by atoms with Gasteiger partial charge in [-0.05, 0) is 24.1 Å². The standard InChI is InChI=1S/C14H17FO3/c1-2-3-8-18-10-12-6-4-11(9-13(12)15)5-7-14(16)17/h4-7,9H,2-3,8,10H2,1H3,(H,16,17). The Balaban J connectivity index is 2.59. The minimum atomic E-state index is -1.05. The van der Waals surface area contributed by atoms with Gasteiger partial charge in [0.25, 0.3) is 0 Å². The molecule has 0 unspecified atom stereocenters. The Morgan fingerprint density at radius 1 is 1.50 bits per heavy atom. The summed E-state index contributed by atoms with van der Waals surface area (Å²) in [5.74, 6) is -1.43. The first-order valence-corrected chi connectivity index (χ1v) is 5.90. The van der Waals surface area contributed by atoms with Gasteiger partial charge in [-0.2, -0.15) is 0 Å². The van der Waals surface area contributed by atoms with E-state index in [0.29, 0.717) is 17.7 Å². The normalized spacial score (nSPS) is 11.0. The average Bonchev–Trinajstić information content (AvgIpc) is 2.34. The maximum atomic E-state index is 13.6. The lowest BCUT2D eigenvalue weighted by molar-refractivity contribution is -0.131. The molecule has 0 saturated carbocycles. The highest BCUT2D eigenvalue weighted by atomic mass is 19.1. The fourth-order valence-electron chi connectivity index (χ4n) is 1.38. The summed E-state index contributed by atoms with van der Waals surface area (Å²) in [5.41, 5.74) is 1.01. The summed E-state index contributed by atoms with van der Waals surface area (Å²) >= 11 is 0. The predicted octanol–water partition coefficient (Wildman–Crippen LogP) is 3.24. The molecule has 1 N–H and O–H groups in total. The molecule has 0 fully saturated rings. The molecule has 98 valence electrons. The molecule has 1 rings (SSSR count). The van der Waals surface area contributed by atoms with Gasteiger partial charge in [0.1, 0.15) is 5.82 Å². The summed E-state index contributed by atoms with van der Waals surface area (Å²) in [4.78, 5) is 10.3. The van der Waals surface area contributed by atoms with E-state index in [1.165, 1.54) is 12.1 Å². The number of hydrogen-bond acceptors (Lipinski definition) is 2. The van der Waals surface area contributed by atoms with Gasteiger partial charge in [0, 0.05) is 18.2 Å². The van der Waals surface area contributed by atoms with Gasteiger partial charge in [-0.15, -0.1) is 0 Å². The Kier molecular flexibility index (Phi) is 6.08. The number of carboxylic acid groups (broad SMARTS) is 1. The smallest absolute Gasteiger partial charge is 0.328 e. The van der Waals surface area contributed by atoms with Crippen molar-refractivity contribution >= 4 is 12.0 Å². The molecule has 0 heterocycles. The lowest BCUT2D eigenvalue weighted by atomic mass is 10.1. The summed E-state index contributed by atoms with van der Waals surface area (Å²) in [6.07, 6.45) is 4.34. The molecule has 0 aliphatic heterocycles. The Hall–Kier alpha value is -1.68. The summed E-state index contributed by atoms with van der Waals surface area (Å²) in [6, 6.07) is 4.59. The van der Waals surface area contributed by atoms with Gasteiger partial charge in [-0.25, -0.2) is 9.18 Å². The Labute approximate surface area is 106 Å². The molecule has 0 aliphatic rings. The highest BCUT2D eigenvalue weighted by molar-refractivity contribution is 5.85. The molecule has 18 heavy (non-hydrogen) atoms. The minimum Gasteiger partial charge on any atom is -0.478 e. The third kappa shape index (κ3) is 5.10. The van der Waals surface area contributed by atoms with Crippen LogP contribution < -0.4 is 0 Å². The van der Waals surface area contributed by atoms with Crippen molar-refractivity contribution < 1.29 is 19.0 Å². The van der Waals surface area contributed by atoms with Gasteiger partial charge in [-0.3, -0.25) is 0 Å². The summed E-state index contributed by atoms with van der Waals surface area (Å²) in [6.45, 7) is 2.93. The molecular formula is C14H17FO3. The highest BCUT2D eigenvalue weighted by Crippen LogP contribution is 2.13. The second-order valence-corrected chi connectivity index (χ2v) is 3.93. The SMILES string of the molecule is CCCCOCc1ccc(C=CC(=O)O)cc1F. The molecule has 0 aliphatic carbocycles. The fourth-order valence-corrected chi connectivity index (χ4v) is 1.38. The van der Waals surface area contributed by atoms with Crippen molar-refractivity contribution in [1.82, 2.24) is 0 Å². The van der Waals surface area contributed by atoms with Crippen LogP contribution in [0, 0.1) is 5.82 Å². The average molecular weight is 252 g/mol. The van der Waals surface area contributed by atoms with Crippen molar-refractivity contribution in [3.05, 3.63) is 41.2 Å². The molecule has 0 atom stereocenters. The first kappa shape index (κ1) is 14.4. The van der Waals surface area contributed by atoms with Crippen LogP contribution in [0.3, 0.4) is 0 Å². The summed E-state index contributed by atoms with van der Waals surface area (Å²) in [7, 11) is 0. The zero-order valence-corrected chi connectivity index (χ0v) is 10.4. The number of aliphatic carboxylic acids is 1. The topological polar surface area (TPSA) is 46.5 Å². The largest absolute Gasteiger partial charge is 0.478 e. The van der Waals surface area contributed by atoms with Crippen molar-refractivity contribution in [2.24, 2.45) is 0 Å². The minimum absolute atomic E-state index is 0.245. The quantitative estimate of drug-likeness (QED) is 0.598. The van der Waals surface area contributed by atoms with E-state index in [2.05, 4.69) is 6.92 Å². The fraction of sp³-hybridized carbons (Fsp3) is 0.357. The number of hydrogen-bond donors (Lipinski definition) is 1. The molecule has 1 aromatic carbocycles. The van der Waals surface area contributed by atoms with Crippen LogP contribution in [0.1, 0.15) is 30.9 Å². The van der Waals surface area contributed by atoms with Crippen LogP contribution >= 0.6 is 0 Å². The van der Waals surface area contributed by atoms with E-state index in [-0.39, 0.29) is 12.4 Å². The van der Waals surface area contributed by atoms with E-state index in [9.17, 15) is 9.18 Å². The lowest BCUT2D eigenvalue weighted by Gasteiger charge is -2.05. The van der Waals surface area contributed by atoms with Gasteiger partial charge in [0.2, 0.25) is 0 Å². The van der Waals surface area contributed by atoms with E-state index in [1.807, 2.05) is 0 Å². The molecule has 1 aromatic rings.